The summed E-state index contributed by atoms with van der Waals surface area (Å²) in [7, 11) is 0. The van der Waals surface area contributed by atoms with Crippen molar-refractivity contribution in [3.05, 3.63) is 0 Å². The highest BCUT2D eigenvalue weighted by Crippen LogP contribution is 2.22. The van der Waals surface area contributed by atoms with Crippen LogP contribution in [0.2, 0.25) is 0 Å². The molecule has 1 amide bonds. The number of amides is 1. The summed E-state index contributed by atoms with van der Waals surface area (Å²) in [5.74, 6) is 0.593. The van der Waals surface area contributed by atoms with Crippen LogP contribution in [0.1, 0.15) is 54.4 Å². The number of hydrogen-bond donors (Lipinski definition) is 1. The van der Waals surface area contributed by atoms with Gasteiger partial charge in [-0.15, -0.1) is 0 Å². The molecule has 0 aromatic rings. The minimum Gasteiger partial charge on any atom is -0.380 e. The van der Waals surface area contributed by atoms with E-state index in [4.69, 9.17) is 9.47 Å². The van der Waals surface area contributed by atoms with Crippen LogP contribution in [0, 0.1) is 11.3 Å². The van der Waals surface area contributed by atoms with Gasteiger partial charge >= 0.3 is 0 Å². The zero-order chi connectivity index (χ0) is 15.6. The molecule has 0 aliphatic rings. The Balaban J connectivity index is 4.08. The van der Waals surface area contributed by atoms with Crippen LogP contribution in [0.15, 0.2) is 0 Å². The Bertz CT molecular complexity index is 268. The second-order valence-electron chi connectivity index (χ2n) is 6.12. The largest absolute Gasteiger partial charge is 0.380 e. The lowest BCUT2D eigenvalue weighted by Crippen LogP contribution is -2.43. The van der Waals surface area contributed by atoms with Crippen molar-refractivity contribution >= 4 is 5.91 Å². The lowest BCUT2D eigenvalue weighted by Gasteiger charge is -2.27. The topological polar surface area (TPSA) is 47.6 Å². The molecule has 2 atom stereocenters. The van der Waals surface area contributed by atoms with Gasteiger partial charge in [0.2, 0.25) is 5.91 Å². The number of rotatable bonds is 11. The van der Waals surface area contributed by atoms with E-state index in [2.05, 4.69) is 19.2 Å². The summed E-state index contributed by atoms with van der Waals surface area (Å²) in [6.07, 6.45) is 2.06. The van der Waals surface area contributed by atoms with Crippen molar-refractivity contribution in [1.82, 2.24) is 5.32 Å². The highest BCUT2D eigenvalue weighted by Gasteiger charge is 2.31. The molecule has 0 spiro atoms. The molecule has 120 valence electrons. The molecule has 0 saturated heterocycles. The highest BCUT2D eigenvalue weighted by molar-refractivity contribution is 5.82. The molecule has 0 aliphatic carbocycles. The van der Waals surface area contributed by atoms with E-state index < -0.39 is 5.41 Å². The van der Waals surface area contributed by atoms with Gasteiger partial charge in [0.25, 0.3) is 0 Å². The van der Waals surface area contributed by atoms with Crippen molar-refractivity contribution in [3.63, 3.8) is 0 Å². The Morgan fingerprint density at radius 1 is 1.25 bits per heavy atom. The minimum absolute atomic E-state index is 0.0523. The molecule has 0 radical (unpaired) electrons. The van der Waals surface area contributed by atoms with Crippen molar-refractivity contribution in [2.24, 2.45) is 11.3 Å². The molecule has 0 saturated carbocycles. The molecule has 1 N–H and O–H groups in total. The molecule has 0 heterocycles. The fourth-order valence-corrected chi connectivity index (χ4v) is 1.60. The van der Waals surface area contributed by atoms with Gasteiger partial charge in [-0.1, -0.05) is 27.2 Å². The first-order valence-corrected chi connectivity index (χ1v) is 7.83. The molecule has 0 aromatic heterocycles. The van der Waals surface area contributed by atoms with Gasteiger partial charge in [0, 0.05) is 13.2 Å². The zero-order valence-electron chi connectivity index (χ0n) is 14.1. The van der Waals surface area contributed by atoms with Crippen LogP contribution in [0.3, 0.4) is 0 Å². The third-order valence-corrected chi connectivity index (χ3v) is 3.69. The van der Waals surface area contributed by atoms with E-state index in [1.165, 1.54) is 0 Å². The summed E-state index contributed by atoms with van der Waals surface area (Å²) in [4.78, 5) is 12.2. The quantitative estimate of drug-likeness (QED) is 0.594. The summed E-state index contributed by atoms with van der Waals surface area (Å²) in [6.45, 7) is 14.6. The van der Waals surface area contributed by atoms with E-state index in [1.807, 2.05) is 27.7 Å². The average Bonchev–Trinajstić information content (AvgIpc) is 2.42. The van der Waals surface area contributed by atoms with Gasteiger partial charge in [-0.2, -0.15) is 0 Å². The molecule has 2 unspecified atom stereocenters. The fraction of sp³-hybridized carbons (Fsp3) is 0.938. The van der Waals surface area contributed by atoms with E-state index >= 15 is 0 Å². The van der Waals surface area contributed by atoms with Gasteiger partial charge in [-0.05, 0) is 33.1 Å². The van der Waals surface area contributed by atoms with E-state index in [9.17, 15) is 4.79 Å². The molecule has 0 aliphatic heterocycles. The normalized spacial score (nSPS) is 15.9. The standard InChI is InChI=1S/C16H33NO3/c1-7-14(5)11-19-12-16(6,8-2)15(18)17-9-10-20-13(3)4/h13-14H,7-12H2,1-6H3,(H,17,18). The van der Waals surface area contributed by atoms with Gasteiger partial charge in [0.05, 0.1) is 24.7 Å². The molecule has 4 nitrogen and oxygen atoms in total. The van der Waals surface area contributed by atoms with Crippen LogP contribution in [0.4, 0.5) is 0 Å². The smallest absolute Gasteiger partial charge is 0.228 e. The molecule has 4 heteroatoms. The average molecular weight is 287 g/mol. The Kier molecular flexibility index (Phi) is 9.86. The SMILES string of the molecule is CCC(C)COCC(C)(CC)C(=O)NCCOC(C)C. The molecule has 20 heavy (non-hydrogen) atoms. The van der Waals surface area contributed by atoms with Crippen LogP contribution in [0.5, 0.6) is 0 Å². The Morgan fingerprint density at radius 3 is 2.40 bits per heavy atom. The van der Waals surface area contributed by atoms with Gasteiger partial charge in [0.15, 0.2) is 0 Å². The Morgan fingerprint density at radius 2 is 1.90 bits per heavy atom. The van der Waals surface area contributed by atoms with Crippen molar-refractivity contribution in [1.29, 1.82) is 0 Å². The number of nitrogens with one attached hydrogen (secondary N) is 1. The van der Waals surface area contributed by atoms with Crippen molar-refractivity contribution in [3.8, 4) is 0 Å². The van der Waals surface area contributed by atoms with E-state index in [-0.39, 0.29) is 12.0 Å². The van der Waals surface area contributed by atoms with Gasteiger partial charge in [-0.3, -0.25) is 4.79 Å². The number of carbonyl (C=O) groups is 1. The van der Waals surface area contributed by atoms with Crippen LogP contribution in [-0.2, 0) is 14.3 Å². The van der Waals surface area contributed by atoms with Gasteiger partial charge in [-0.25, -0.2) is 0 Å². The zero-order valence-corrected chi connectivity index (χ0v) is 14.1. The first-order valence-electron chi connectivity index (χ1n) is 7.83. The predicted octanol–water partition coefficient (Wildman–Crippen LogP) is 3.01. The van der Waals surface area contributed by atoms with Crippen LogP contribution in [-0.4, -0.2) is 38.4 Å². The summed E-state index contributed by atoms with van der Waals surface area (Å²) in [5.41, 5.74) is -0.453. The summed E-state index contributed by atoms with van der Waals surface area (Å²) in [6, 6.07) is 0. The number of ether oxygens (including phenoxy) is 2. The first kappa shape index (κ1) is 19.4. The van der Waals surface area contributed by atoms with Crippen molar-refractivity contribution < 1.29 is 14.3 Å². The second-order valence-corrected chi connectivity index (χ2v) is 6.12. The van der Waals surface area contributed by atoms with E-state index in [1.54, 1.807) is 0 Å². The lowest BCUT2D eigenvalue weighted by atomic mass is 9.87. The maximum Gasteiger partial charge on any atom is 0.228 e. The molecular weight excluding hydrogens is 254 g/mol. The van der Waals surface area contributed by atoms with Crippen LogP contribution < -0.4 is 5.32 Å². The minimum atomic E-state index is -0.453. The monoisotopic (exact) mass is 287 g/mol. The van der Waals surface area contributed by atoms with Crippen molar-refractivity contribution in [2.75, 3.05) is 26.4 Å². The number of carbonyl (C=O) groups excluding carboxylic acids is 1. The maximum atomic E-state index is 12.2. The summed E-state index contributed by atoms with van der Waals surface area (Å²) in [5, 5.41) is 2.94. The Hall–Kier alpha value is -0.610. The number of hydrogen-bond acceptors (Lipinski definition) is 3. The first-order chi connectivity index (χ1) is 9.35. The molecule has 0 bridgehead atoms. The van der Waals surface area contributed by atoms with Crippen molar-refractivity contribution in [2.45, 2.75) is 60.5 Å². The maximum absolute atomic E-state index is 12.2. The van der Waals surface area contributed by atoms with Crippen LogP contribution >= 0.6 is 0 Å². The van der Waals surface area contributed by atoms with Gasteiger partial charge in [0.1, 0.15) is 0 Å². The second kappa shape index (κ2) is 10.2. The van der Waals surface area contributed by atoms with Gasteiger partial charge < -0.3 is 14.8 Å². The molecule has 0 fully saturated rings. The summed E-state index contributed by atoms with van der Waals surface area (Å²) >= 11 is 0. The third kappa shape index (κ3) is 7.85. The third-order valence-electron chi connectivity index (χ3n) is 3.69. The molecular formula is C16H33NO3. The van der Waals surface area contributed by atoms with Crippen LogP contribution in [0.25, 0.3) is 0 Å². The highest BCUT2D eigenvalue weighted by atomic mass is 16.5. The van der Waals surface area contributed by atoms with E-state index in [0.717, 1.165) is 19.4 Å². The lowest BCUT2D eigenvalue weighted by molar-refractivity contribution is -0.134. The summed E-state index contributed by atoms with van der Waals surface area (Å²) < 4.78 is 11.1. The fourth-order valence-electron chi connectivity index (χ4n) is 1.60. The molecule has 0 rings (SSSR count). The predicted molar refractivity (Wildman–Crippen MR) is 82.8 cm³/mol. The Labute approximate surface area is 124 Å². The van der Waals surface area contributed by atoms with E-state index in [0.29, 0.717) is 25.7 Å². The molecule has 0 aromatic carbocycles.